The Bertz CT molecular complexity index is 618. The van der Waals surface area contributed by atoms with E-state index in [1.54, 1.807) is 0 Å². The molecule has 1 aliphatic heterocycles. The zero-order chi connectivity index (χ0) is 25.6. The molecule has 192 valence electrons. The van der Waals surface area contributed by atoms with Crippen molar-refractivity contribution in [2.75, 3.05) is 13.2 Å². The number of hydrogen-bond donors (Lipinski definition) is 2. The van der Waals surface area contributed by atoms with Crippen molar-refractivity contribution in [1.29, 1.82) is 0 Å². The van der Waals surface area contributed by atoms with E-state index in [1.165, 1.54) is 0 Å². The minimum Gasteiger partial charge on any atom is -0.415 e. The minimum absolute atomic E-state index is 0.0618. The van der Waals surface area contributed by atoms with Crippen LogP contribution in [0.25, 0.3) is 0 Å². The van der Waals surface area contributed by atoms with Crippen LogP contribution in [0.15, 0.2) is 0 Å². The van der Waals surface area contributed by atoms with Crippen molar-refractivity contribution in [3.63, 3.8) is 0 Å². The molecule has 1 aliphatic rings. The molecule has 0 bridgehead atoms. The summed E-state index contributed by atoms with van der Waals surface area (Å²) in [5.41, 5.74) is 0. The van der Waals surface area contributed by atoms with Crippen LogP contribution in [0, 0.1) is 0 Å². The molecule has 1 fully saturated rings. The third kappa shape index (κ3) is 7.23. The number of aliphatic hydroxyl groups is 1. The van der Waals surface area contributed by atoms with E-state index in [4.69, 9.17) is 13.3 Å². The standard InChI is InChI=1S/C24H55NO4Si3/c1-22(2,3)30(10,11)27-17-18-20(26)21(29-32(14,15)24(7,8)9)19(16-25-18)28-31(12,13)23(4,5)6/h18-21,25-26H,16-17H2,1-15H3/t18-,19+,20-,21-/m1/s1. The topological polar surface area (TPSA) is 60.0 Å². The summed E-state index contributed by atoms with van der Waals surface area (Å²) in [5, 5.41) is 15.4. The molecule has 1 rings (SSSR count). The first-order valence-corrected chi connectivity index (χ1v) is 21.1. The second-order valence-electron chi connectivity index (χ2n) is 14.3. The maximum atomic E-state index is 11.5. The van der Waals surface area contributed by atoms with Gasteiger partial charge in [-0.15, -0.1) is 0 Å². The van der Waals surface area contributed by atoms with Gasteiger partial charge in [0.15, 0.2) is 25.0 Å². The van der Waals surface area contributed by atoms with Crippen molar-refractivity contribution in [1.82, 2.24) is 5.32 Å². The molecule has 0 unspecified atom stereocenters. The highest BCUT2D eigenvalue weighted by molar-refractivity contribution is 6.75. The summed E-state index contributed by atoms with van der Waals surface area (Å²) >= 11 is 0. The van der Waals surface area contributed by atoms with Crippen LogP contribution in [0.4, 0.5) is 0 Å². The molecule has 0 spiro atoms. The van der Waals surface area contributed by atoms with Gasteiger partial charge < -0.3 is 23.7 Å². The largest absolute Gasteiger partial charge is 0.415 e. The van der Waals surface area contributed by atoms with Gasteiger partial charge in [0.1, 0.15) is 0 Å². The Morgan fingerprint density at radius 2 is 1.12 bits per heavy atom. The lowest BCUT2D eigenvalue weighted by Crippen LogP contribution is -2.67. The predicted molar refractivity (Wildman–Crippen MR) is 145 cm³/mol. The molecule has 0 radical (unpaired) electrons. The molecule has 0 aliphatic carbocycles. The fourth-order valence-electron chi connectivity index (χ4n) is 2.95. The number of aliphatic hydroxyl groups excluding tert-OH is 1. The summed E-state index contributed by atoms with van der Waals surface area (Å²) in [6.07, 6.45) is -1.18. The smallest absolute Gasteiger partial charge is 0.192 e. The summed E-state index contributed by atoms with van der Waals surface area (Å²) in [5.74, 6) is 0. The molecule has 0 saturated carbocycles. The first kappa shape index (κ1) is 30.5. The van der Waals surface area contributed by atoms with Gasteiger partial charge in [-0.1, -0.05) is 62.3 Å². The minimum atomic E-state index is -2.10. The highest BCUT2D eigenvalue weighted by Gasteiger charge is 2.50. The van der Waals surface area contributed by atoms with E-state index >= 15 is 0 Å². The van der Waals surface area contributed by atoms with Gasteiger partial charge in [0, 0.05) is 6.54 Å². The van der Waals surface area contributed by atoms with Gasteiger partial charge in [-0.2, -0.15) is 0 Å². The van der Waals surface area contributed by atoms with Crippen LogP contribution in [0.2, 0.25) is 54.4 Å². The van der Waals surface area contributed by atoms with E-state index in [9.17, 15) is 5.11 Å². The molecule has 5 nitrogen and oxygen atoms in total. The van der Waals surface area contributed by atoms with Crippen molar-refractivity contribution in [2.45, 2.75) is 141 Å². The molecule has 2 N–H and O–H groups in total. The Hall–Kier alpha value is 0.451. The summed E-state index contributed by atoms with van der Waals surface area (Å²) < 4.78 is 20.2. The second-order valence-corrected chi connectivity index (χ2v) is 28.7. The molecule has 1 saturated heterocycles. The van der Waals surface area contributed by atoms with Crippen LogP contribution in [-0.2, 0) is 13.3 Å². The van der Waals surface area contributed by atoms with Crippen LogP contribution in [-0.4, -0.2) is 67.6 Å². The molecule has 0 amide bonds. The molecule has 4 atom stereocenters. The maximum absolute atomic E-state index is 11.5. The Balaban J connectivity index is 3.15. The quantitative estimate of drug-likeness (QED) is 0.408. The van der Waals surface area contributed by atoms with Crippen molar-refractivity contribution >= 4 is 25.0 Å². The van der Waals surface area contributed by atoms with Crippen LogP contribution < -0.4 is 5.32 Å². The number of piperidine rings is 1. The first-order valence-electron chi connectivity index (χ1n) is 12.3. The van der Waals surface area contributed by atoms with E-state index < -0.39 is 31.1 Å². The normalized spacial score (nSPS) is 27.0. The van der Waals surface area contributed by atoms with Gasteiger partial charge >= 0.3 is 0 Å². The van der Waals surface area contributed by atoms with Gasteiger partial charge in [-0.05, 0) is 54.4 Å². The zero-order valence-electron chi connectivity index (χ0n) is 23.9. The molecular weight excluding hydrogens is 451 g/mol. The van der Waals surface area contributed by atoms with Crippen molar-refractivity contribution in [3.05, 3.63) is 0 Å². The lowest BCUT2D eigenvalue weighted by molar-refractivity contribution is -0.0881. The fraction of sp³-hybridized carbons (Fsp3) is 1.00. The van der Waals surface area contributed by atoms with E-state index in [0.29, 0.717) is 13.2 Å². The summed E-state index contributed by atoms with van der Waals surface area (Å²) in [6, 6.07) is -0.154. The maximum Gasteiger partial charge on any atom is 0.192 e. The van der Waals surface area contributed by atoms with Gasteiger partial charge in [-0.25, -0.2) is 0 Å². The third-order valence-corrected chi connectivity index (χ3v) is 22.1. The van der Waals surface area contributed by atoms with Crippen LogP contribution in [0.3, 0.4) is 0 Å². The van der Waals surface area contributed by atoms with Crippen LogP contribution in [0.1, 0.15) is 62.3 Å². The lowest BCUT2D eigenvalue weighted by Gasteiger charge is -2.50. The van der Waals surface area contributed by atoms with Gasteiger partial charge in [0.25, 0.3) is 0 Å². The molecule has 1 heterocycles. The molecule has 0 aromatic carbocycles. The third-order valence-electron chi connectivity index (χ3n) is 8.62. The fourth-order valence-corrected chi connectivity index (χ4v) is 6.63. The van der Waals surface area contributed by atoms with Crippen molar-refractivity contribution in [2.24, 2.45) is 0 Å². The van der Waals surface area contributed by atoms with Gasteiger partial charge in [0.05, 0.1) is 31.0 Å². The van der Waals surface area contributed by atoms with E-state index in [-0.39, 0.29) is 33.4 Å². The Kier molecular flexibility index (Phi) is 9.37. The average Bonchev–Trinajstić information content (AvgIpc) is 2.54. The predicted octanol–water partition coefficient (Wildman–Crippen LogP) is 6.12. The lowest BCUT2D eigenvalue weighted by atomic mass is 9.97. The van der Waals surface area contributed by atoms with E-state index in [1.807, 2.05) is 0 Å². The van der Waals surface area contributed by atoms with Gasteiger partial charge in [0.2, 0.25) is 0 Å². The van der Waals surface area contributed by atoms with E-state index in [2.05, 4.69) is 107 Å². The average molecular weight is 506 g/mol. The molecule has 0 aromatic heterocycles. The van der Waals surface area contributed by atoms with Crippen molar-refractivity contribution < 1.29 is 18.4 Å². The van der Waals surface area contributed by atoms with E-state index in [0.717, 1.165) is 0 Å². The summed E-state index contributed by atoms with van der Waals surface area (Å²) in [4.78, 5) is 0. The summed E-state index contributed by atoms with van der Waals surface area (Å²) in [7, 11) is -6.03. The van der Waals surface area contributed by atoms with Gasteiger partial charge in [-0.3, -0.25) is 0 Å². The number of rotatable bonds is 7. The zero-order valence-corrected chi connectivity index (χ0v) is 26.9. The Labute approximate surface area is 202 Å². The Morgan fingerprint density at radius 3 is 1.53 bits per heavy atom. The highest BCUT2D eigenvalue weighted by atomic mass is 28.4. The molecular formula is C24H55NO4Si3. The van der Waals surface area contributed by atoms with Crippen LogP contribution >= 0.6 is 0 Å². The highest BCUT2D eigenvalue weighted by Crippen LogP contribution is 2.42. The SMILES string of the molecule is CC(C)(C)[Si](C)(C)OC[C@H]1NC[C@H](O[Si](C)(C)C(C)(C)C)[C@@H](O[Si](C)(C)C(C)(C)C)[C@@H]1O. The summed E-state index contributed by atoms with van der Waals surface area (Å²) in [6.45, 7) is 35.0. The number of hydrogen-bond acceptors (Lipinski definition) is 5. The molecule has 0 aromatic rings. The first-order chi connectivity index (χ1) is 13.9. The monoisotopic (exact) mass is 505 g/mol. The number of nitrogens with one attached hydrogen (secondary N) is 1. The molecule has 8 heteroatoms. The Morgan fingerprint density at radius 1 is 0.719 bits per heavy atom. The second kappa shape index (κ2) is 9.84. The van der Waals surface area contributed by atoms with Crippen LogP contribution in [0.5, 0.6) is 0 Å². The molecule has 32 heavy (non-hydrogen) atoms. The van der Waals surface area contributed by atoms with Crippen molar-refractivity contribution in [3.8, 4) is 0 Å².